The van der Waals surface area contributed by atoms with Crippen molar-refractivity contribution in [1.29, 1.82) is 0 Å². The number of hydrogen-bond acceptors (Lipinski definition) is 5. The Bertz CT molecular complexity index is 487. The summed E-state index contributed by atoms with van der Waals surface area (Å²) in [4.78, 5) is 5.46. The number of hydrogen-bond donors (Lipinski definition) is 1. The van der Waals surface area contributed by atoms with Crippen molar-refractivity contribution >= 4 is 11.3 Å². The molecule has 16 heavy (non-hydrogen) atoms. The maximum atomic E-state index is 5.25. The number of aryl methyl sites for hydroxylation is 1. The molecule has 0 saturated heterocycles. The molecule has 0 radical (unpaired) electrons. The molecular weight excluding hydrogens is 222 g/mol. The quantitative estimate of drug-likeness (QED) is 0.883. The van der Waals surface area contributed by atoms with Crippen LogP contribution in [0.15, 0.2) is 16.0 Å². The fourth-order valence-electron chi connectivity index (χ4n) is 1.53. The molecule has 0 aromatic carbocycles. The molecule has 1 fully saturated rings. The van der Waals surface area contributed by atoms with Crippen molar-refractivity contribution in [2.24, 2.45) is 0 Å². The highest BCUT2D eigenvalue weighted by Crippen LogP contribution is 2.27. The van der Waals surface area contributed by atoms with Crippen LogP contribution in [-0.2, 0) is 6.54 Å². The lowest BCUT2D eigenvalue weighted by atomic mass is 10.3. The first-order valence-electron chi connectivity index (χ1n) is 5.43. The van der Waals surface area contributed by atoms with Crippen LogP contribution in [0.2, 0.25) is 0 Å². The van der Waals surface area contributed by atoms with Crippen LogP contribution in [-0.4, -0.2) is 16.2 Å². The zero-order valence-electron chi connectivity index (χ0n) is 9.06. The van der Waals surface area contributed by atoms with Crippen molar-refractivity contribution in [3.8, 4) is 10.8 Å². The zero-order valence-corrected chi connectivity index (χ0v) is 9.88. The molecule has 0 amide bonds. The third kappa shape index (κ3) is 2.01. The van der Waals surface area contributed by atoms with Crippen LogP contribution in [0.5, 0.6) is 0 Å². The topological polar surface area (TPSA) is 51.0 Å². The van der Waals surface area contributed by atoms with Crippen LogP contribution in [0.25, 0.3) is 10.8 Å². The Kier molecular flexibility index (Phi) is 2.49. The maximum absolute atomic E-state index is 5.25. The summed E-state index contributed by atoms with van der Waals surface area (Å²) in [5.74, 6) is 1.38. The monoisotopic (exact) mass is 235 g/mol. The maximum Gasteiger partial charge on any atom is 0.268 e. The predicted octanol–water partition coefficient (Wildman–Crippen LogP) is 2.36. The Morgan fingerprint density at radius 3 is 3.12 bits per heavy atom. The molecule has 0 unspecified atom stereocenters. The summed E-state index contributed by atoms with van der Waals surface area (Å²) in [5.41, 5.74) is 1.19. The second-order valence-electron chi connectivity index (χ2n) is 4.10. The molecule has 0 bridgehead atoms. The van der Waals surface area contributed by atoms with E-state index in [2.05, 4.69) is 28.4 Å². The molecule has 2 aromatic heterocycles. The largest absolute Gasteiger partial charge is 0.333 e. The van der Waals surface area contributed by atoms with Crippen molar-refractivity contribution in [2.45, 2.75) is 32.4 Å². The summed E-state index contributed by atoms with van der Waals surface area (Å²) in [6, 6.07) is 2.73. The first-order valence-corrected chi connectivity index (χ1v) is 6.31. The van der Waals surface area contributed by atoms with Crippen LogP contribution in [0.3, 0.4) is 0 Å². The summed E-state index contributed by atoms with van der Waals surface area (Å²) in [6.45, 7) is 2.76. The Balaban J connectivity index is 1.74. The van der Waals surface area contributed by atoms with Gasteiger partial charge >= 0.3 is 0 Å². The summed E-state index contributed by atoms with van der Waals surface area (Å²) >= 11 is 1.64. The van der Waals surface area contributed by atoms with E-state index in [1.54, 1.807) is 11.3 Å². The first kappa shape index (κ1) is 9.99. The van der Waals surface area contributed by atoms with E-state index < -0.39 is 0 Å². The molecule has 5 heteroatoms. The lowest BCUT2D eigenvalue weighted by molar-refractivity contribution is 0.420. The van der Waals surface area contributed by atoms with Gasteiger partial charge in [-0.05, 0) is 36.8 Å². The highest BCUT2D eigenvalue weighted by Gasteiger charge is 2.21. The van der Waals surface area contributed by atoms with E-state index in [0.29, 0.717) is 18.5 Å². The Morgan fingerprint density at radius 1 is 1.56 bits per heavy atom. The van der Waals surface area contributed by atoms with E-state index >= 15 is 0 Å². The minimum absolute atomic E-state index is 0.639. The smallest absolute Gasteiger partial charge is 0.268 e. The molecule has 0 aliphatic heterocycles. The zero-order chi connectivity index (χ0) is 11.0. The third-order valence-electron chi connectivity index (χ3n) is 2.65. The predicted molar refractivity (Wildman–Crippen MR) is 62.2 cm³/mol. The molecule has 4 nitrogen and oxygen atoms in total. The van der Waals surface area contributed by atoms with Gasteiger partial charge in [0, 0.05) is 6.04 Å². The van der Waals surface area contributed by atoms with Crippen LogP contribution in [0.4, 0.5) is 0 Å². The number of rotatable bonds is 4. The highest BCUT2D eigenvalue weighted by molar-refractivity contribution is 7.13. The summed E-state index contributed by atoms with van der Waals surface area (Å²) in [7, 11) is 0. The SMILES string of the molecule is Cc1ccsc1-c1nc(CNC2CC2)no1. The molecule has 2 aromatic rings. The summed E-state index contributed by atoms with van der Waals surface area (Å²) < 4.78 is 5.25. The van der Waals surface area contributed by atoms with Gasteiger partial charge in [0.25, 0.3) is 5.89 Å². The summed E-state index contributed by atoms with van der Waals surface area (Å²) in [5, 5.41) is 9.37. The van der Waals surface area contributed by atoms with Crippen molar-refractivity contribution in [3.63, 3.8) is 0 Å². The average Bonchev–Trinajstić information content (AvgIpc) is 2.82. The normalized spacial score (nSPS) is 15.6. The Morgan fingerprint density at radius 2 is 2.44 bits per heavy atom. The van der Waals surface area contributed by atoms with Gasteiger partial charge in [-0.2, -0.15) is 4.98 Å². The van der Waals surface area contributed by atoms with Gasteiger partial charge in [-0.3, -0.25) is 0 Å². The van der Waals surface area contributed by atoms with Gasteiger partial charge in [-0.25, -0.2) is 0 Å². The molecule has 1 N–H and O–H groups in total. The van der Waals surface area contributed by atoms with Crippen molar-refractivity contribution in [3.05, 3.63) is 22.8 Å². The second-order valence-corrected chi connectivity index (χ2v) is 5.02. The standard InChI is InChI=1S/C11H13N3OS/c1-7-4-5-16-10(7)11-13-9(14-15-11)6-12-8-2-3-8/h4-5,8,12H,2-3,6H2,1H3. The van der Waals surface area contributed by atoms with Gasteiger partial charge in [0.2, 0.25) is 0 Å². The van der Waals surface area contributed by atoms with Crippen molar-refractivity contribution in [2.75, 3.05) is 0 Å². The van der Waals surface area contributed by atoms with Gasteiger partial charge in [-0.15, -0.1) is 11.3 Å². The van der Waals surface area contributed by atoms with E-state index in [0.717, 1.165) is 10.7 Å². The fraction of sp³-hybridized carbons (Fsp3) is 0.455. The number of thiophene rings is 1. The molecule has 0 spiro atoms. The number of nitrogens with zero attached hydrogens (tertiary/aromatic N) is 2. The minimum atomic E-state index is 0.639. The average molecular weight is 235 g/mol. The molecule has 1 aliphatic rings. The fourth-order valence-corrected chi connectivity index (χ4v) is 2.38. The van der Waals surface area contributed by atoms with Gasteiger partial charge in [0.15, 0.2) is 5.82 Å². The summed E-state index contributed by atoms with van der Waals surface area (Å²) in [6.07, 6.45) is 2.55. The van der Waals surface area contributed by atoms with E-state index in [9.17, 15) is 0 Å². The Labute approximate surface area is 97.7 Å². The lowest BCUT2D eigenvalue weighted by Gasteiger charge is -1.94. The van der Waals surface area contributed by atoms with Gasteiger partial charge in [-0.1, -0.05) is 5.16 Å². The lowest BCUT2D eigenvalue weighted by Crippen LogP contribution is -2.16. The van der Waals surface area contributed by atoms with E-state index in [1.807, 2.05) is 5.38 Å². The van der Waals surface area contributed by atoms with E-state index in [4.69, 9.17) is 4.52 Å². The molecule has 84 valence electrons. The Hall–Kier alpha value is -1.20. The molecule has 2 heterocycles. The van der Waals surface area contributed by atoms with Gasteiger partial charge in [0.05, 0.1) is 11.4 Å². The molecular formula is C11H13N3OS. The highest BCUT2D eigenvalue weighted by atomic mass is 32.1. The minimum Gasteiger partial charge on any atom is -0.333 e. The number of nitrogens with one attached hydrogen (secondary N) is 1. The molecule has 1 saturated carbocycles. The third-order valence-corrected chi connectivity index (χ3v) is 3.66. The van der Waals surface area contributed by atoms with Gasteiger partial charge in [0.1, 0.15) is 0 Å². The number of aromatic nitrogens is 2. The van der Waals surface area contributed by atoms with Gasteiger partial charge < -0.3 is 9.84 Å². The van der Waals surface area contributed by atoms with E-state index in [-0.39, 0.29) is 0 Å². The van der Waals surface area contributed by atoms with E-state index in [1.165, 1.54) is 18.4 Å². The molecule has 0 atom stereocenters. The van der Waals surface area contributed by atoms with Crippen LogP contribution in [0.1, 0.15) is 24.2 Å². The molecule has 3 rings (SSSR count). The molecule has 1 aliphatic carbocycles. The first-order chi connectivity index (χ1) is 7.83. The van der Waals surface area contributed by atoms with Crippen LogP contribution in [0, 0.1) is 6.92 Å². The van der Waals surface area contributed by atoms with Crippen LogP contribution >= 0.6 is 11.3 Å². The second kappa shape index (κ2) is 3.99. The van der Waals surface area contributed by atoms with Crippen LogP contribution < -0.4 is 5.32 Å². The van der Waals surface area contributed by atoms with Crippen molar-refractivity contribution < 1.29 is 4.52 Å². The van der Waals surface area contributed by atoms with Crippen molar-refractivity contribution in [1.82, 2.24) is 15.5 Å².